The van der Waals surface area contributed by atoms with E-state index in [-0.39, 0.29) is 0 Å². The highest BCUT2D eigenvalue weighted by Crippen LogP contribution is 2.21. The molecule has 0 amide bonds. The molecule has 1 aliphatic heterocycles. The molecule has 2 rings (SSSR count). The fraction of sp³-hybridized carbons (Fsp3) is 0.583. The van der Waals surface area contributed by atoms with E-state index in [4.69, 9.17) is 0 Å². The van der Waals surface area contributed by atoms with Crippen LogP contribution in [0.15, 0.2) is 15.9 Å². The maximum Gasteiger partial charge on any atom is 0.138 e. The van der Waals surface area contributed by atoms with Crippen LogP contribution in [-0.2, 0) is 11.2 Å². The highest BCUT2D eigenvalue weighted by Gasteiger charge is 2.15. The monoisotopic (exact) mass is 301 g/mol. The van der Waals surface area contributed by atoms with Crippen molar-refractivity contribution >= 4 is 33.0 Å². The molecule has 0 spiro atoms. The van der Waals surface area contributed by atoms with Crippen molar-refractivity contribution in [1.82, 2.24) is 5.32 Å². The summed E-state index contributed by atoms with van der Waals surface area (Å²) in [6.45, 7) is 2.22. The number of carbonyl (C=O) groups excluding carboxylic acids is 1. The Balaban J connectivity index is 1.71. The van der Waals surface area contributed by atoms with Crippen molar-refractivity contribution in [2.45, 2.75) is 25.7 Å². The Labute approximate surface area is 109 Å². The van der Waals surface area contributed by atoms with Crippen molar-refractivity contribution < 1.29 is 4.79 Å². The zero-order chi connectivity index (χ0) is 11.4. The molecule has 2 nitrogen and oxygen atoms in total. The largest absolute Gasteiger partial charge is 0.316 e. The van der Waals surface area contributed by atoms with Crippen LogP contribution in [-0.4, -0.2) is 18.9 Å². The van der Waals surface area contributed by atoms with Gasteiger partial charge in [0, 0.05) is 27.6 Å². The number of thiophene rings is 1. The second-order valence-electron chi connectivity index (χ2n) is 4.34. The molecular weight excluding hydrogens is 286 g/mol. The summed E-state index contributed by atoms with van der Waals surface area (Å²) in [5.41, 5.74) is 0. The molecule has 0 saturated carbocycles. The molecule has 1 unspecified atom stereocenters. The van der Waals surface area contributed by atoms with Crippen molar-refractivity contribution in [2.24, 2.45) is 5.92 Å². The van der Waals surface area contributed by atoms with E-state index in [2.05, 4.69) is 21.2 Å². The van der Waals surface area contributed by atoms with Gasteiger partial charge in [-0.05, 0) is 53.8 Å². The SMILES string of the molecule is O=C(CCC1CCNC1)Cc1cc(Br)cs1. The van der Waals surface area contributed by atoms with Gasteiger partial charge in [-0.1, -0.05) is 0 Å². The smallest absolute Gasteiger partial charge is 0.138 e. The first-order valence-corrected chi connectivity index (χ1v) is 7.36. The number of carbonyl (C=O) groups is 1. The second-order valence-corrected chi connectivity index (χ2v) is 6.26. The summed E-state index contributed by atoms with van der Waals surface area (Å²) in [5, 5.41) is 5.36. The van der Waals surface area contributed by atoms with E-state index in [1.165, 1.54) is 11.3 Å². The Bertz CT molecular complexity index is 358. The maximum atomic E-state index is 11.7. The molecule has 1 aromatic rings. The van der Waals surface area contributed by atoms with Gasteiger partial charge in [-0.15, -0.1) is 11.3 Å². The molecular formula is C12H16BrNOS. The molecule has 0 aromatic carbocycles. The van der Waals surface area contributed by atoms with E-state index in [1.54, 1.807) is 11.3 Å². The minimum absolute atomic E-state index is 0.376. The van der Waals surface area contributed by atoms with Gasteiger partial charge in [-0.3, -0.25) is 4.79 Å². The minimum Gasteiger partial charge on any atom is -0.316 e. The van der Waals surface area contributed by atoms with Gasteiger partial charge in [0.15, 0.2) is 0 Å². The van der Waals surface area contributed by atoms with Crippen molar-refractivity contribution in [2.75, 3.05) is 13.1 Å². The molecule has 1 N–H and O–H groups in total. The molecule has 16 heavy (non-hydrogen) atoms. The Morgan fingerprint density at radius 2 is 2.50 bits per heavy atom. The number of Topliss-reactive ketones (excluding diaryl/α,β-unsaturated/α-hetero) is 1. The Hall–Kier alpha value is -0.190. The number of hydrogen-bond donors (Lipinski definition) is 1. The Morgan fingerprint density at radius 3 is 3.12 bits per heavy atom. The molecule has 88 valence electrons. The zero-order valence-corrected chi connectivity index (χ0v) is 11.6. The van der Waals surface area contributed by atoms with Crippen molar-refractivity contribution in [3.05, 3.63) is 20.8 Å². The van der Waals surface area contributed by atoms with Crippen LogP contribution in [0.1, 0.15) is 24.1 Å². The highest BCUT2D eigenvalue weighted by atomic mass is 79.9. The van der Waals surface area contributed by atoms with Crippen LogP contribution < -0.4 is 5.32 Å². The van der Waals surface area contributed by atoms with Gasteiger partial charge < -0.3 is 5.32 Å². The standard InChI is InChI=1S/C12H16BrNOS/c13-10-5-12(16-8-10)6-11(15)2-1-9-3-4-14-7-9/h5,8-9,14H,1-4,6-7H2. The molecule has 1 aliphatic rings. The fourth-order valence-electron chi connectivity index (χ4n) is 2.06. The van der Waals surface area contributed by atoms with Gasteiger partial charge in [-0.25, -0.2) is 0 Å². The maximum absolute atomic E-state index is 11.7. The van der Waals surface area contributed by atoms with Crippen LogP contribution in [0.5, 0.6) is 0 Å². The first-order chi connectivity index (χ1) is 7.74. The lowest BCUT2D eigenvalue weighted by molar-refractivity contribution is -0.118. The van der Waals surface area contributed by atoms with Crippen LogP contribution in [0.2, 0.25) is 0 Å². The third-order valence-corrected chi connectivity index (χ3v) is 4.68. The van der Waals surface area contributed by atoms with E-state index in [1.807, 2.05) is 11.4 Å². The molecule has 1 atom stereocenters. The summed E-state index contributed by atoms with van der Waals surface area (Å²) in [4.78, 5) is 12.9. The fourth-order valence-corrected chi connectivity index (χ4v) is 3.53. The summed E-state index contributed by atoms with van der Waals surface area (Å²) in [6.07, 6.45) is 3.63. The second kappa shape index (κ2) is 5.94. The summed E-state index contributed by atoms with van der Waals surface area (Å²) in [5.74, 6) is 1.10. The van der Waals surface area contributed by atoms with Crippen molar-refractivity contribution in [3.8, 4) is 0 Å². The molecule has 2 heterocycles. The number of hydrogen-bond acceptors (Lipinski definition) is 3. The van der Waals surface area contributed by atoms with Gasteiger partial charge in [0.2, 0.25) is 0 Å². The topological polar surface area (TPSA) is 29.1 Å². The third kappa shape index (κ3) is 3.68. The van der Waals surface area contributed by atoms with E-state index in [0.717, 1.165) is 36.3 Å². The van der Waals surface area contributed by atoms with Crippen LogP contribution >= 0.6 is 27.3 Å². The lowest BCUT2D eigenvalue weighted by Crippen LogP contribution is -2.11. The lowest BCUT2D eigenvalue weighted by Gasteiger charge is -2.06. The Morgan fingerprint density at radius 1 is 1.62 bits per heavy atom. The normalized spacial score (nSPS) is 20.2. The first kappa shape index (κ1) is 12.3. The van der Waals surface area contributed by atoms with Gasteiger partial charge in [0.05, 0.1) is 0 Å². The van der Waals surface area contributed by atoms with Crippen LogP contribution in [0.3, 0.4) is 0 Å². The Kier molecular flexibility index (Phi) is 4.55. The van der Waals surface area contributed by atoms with Gasteiger partial charge in [0.1, 0.15) is 5.78 Å². The van der Waals surface area contributed by atoms with Crippen molar-refractivity contribution in [1.29, 1.82) is 0 Å². The molecule has 1 fully saturated rings. The van der Waals surface area contributed by atoms with Crippen LogP contribution in [0.4, 0.5) is 0 Å². The number of halogens is 1. The van der Waals surface area contributed by atoms with E-state index in [0.29, 0.717) is 12.2 Å². The van der Waals surface area contributed by atoms with Gasteiger partial charge in [-0.2, -0.15) is 0 Å². The summed E-state index contributed by atoms with van der Waals surface area (Å²) in [6, 6.07) is 2.04. The van der Waals surface area contributed by atoms with E-state index >= 15 is 0 Å². The quantitative estimate of drug-likeness (QED) is 0.906. The molecule has 0 radical (unpaired) electrons. The molecule has 1 saturated heterocycles. The number of nitrogens with one attached hydrogen (secondary N) is 1. The molecule has 1 aromatic heterocycles. The molecule has 4 heteroatoms. The number of ketones is 1. The zero-order valence-electron chi connectivity index (χ0n) is 9.17. The molecule has 0 bridgehead atoms. The van der Waals surface area contributed by atoms with Crippen LogP contribution in [0.25, 0.3) is 0 Å². The summed E-state index contributed by atoms with van der Waals surface area (Å²) in [7, 11) is 0. The van der Waals surface area contributed by atoms with E-state index < -0.39 is 0 Å². The van der Waals surface area contributed by atoms with Crippen LogP contribution in [0, 0.1) is 5.92 Å². The molecule has 0 aliphatic carbocycles. The number of rotatable bonds is 5. The van der Waals surface area contributed by atoms with Gasteiger partial charge >= 0.3 is 0 Å². The summed E-state index contributed by atoms with van der Waals surface area (Å²) < 4.78 is 1.08. The average Bonchev–Trinajstić information content (AvgIpc) is 2.87. The highest BCUT2D eigenvalue weighted by molar-refractivity contribution is 9.10. The van der Waals surface area contributed by atoms with Crippen molar-refractivity contribution in [3.63, 3.8) is 0 Å². The van der Waals surface area contributed by atoms with Gasteiger partial charge in [0.25, 0.3) is 0 Å². The minimum atomic E-state index is 0.376. The predicted molar refractivity (Wildman–Crippen MR) is 70.9 cm³/mol. The summed E-state index contributed by atoms with van der Waals surface area (Å²) >= 11 is 5.06. The average molecular weight is 302 g/mol. The third-order valence-electron chi connectivity index (χ3n) is 2.99. The predicted octanol–water partition coefficient (Wildman–Crippen LogP) is 3.01. The first-order valence-electron chi connectivity index (χ1n) is 5.69. The van der Waals surface area contributed by atoms with E-state index in [9.17, 15) is 4.79 Å². The lowest BCUT2D eigenvalue weighted by atomic mass is 10.00.